The molecule has 0 aromatic heterocycles. The van der Waals surface area contributed by atoms with Gasteiger partial charge in [0.1, 0.15) is 24.1 Å². The van der Waals surface area contributed by atoms with Crippen molar-refractivity contribution in [2.45, 2.75) is 88.8 Å². The van der Waals surface area contributed by atoms with Crippen LogP contribution in [0.1, 0.15) is 79.5 Å². The van der Waals surface area contributed by atoms with Gasteiger partial charge >= 0.3 is 12.2 Å². The third kappa shape index (κ3) is 12.1. The normalized spacial score (nSPS) is 21.2. The third-order valence-electron chi connectivity index (χ3n) is 14.1. The van der Waals surface area contributed by atoms with Crippen LogP contribution < -0.4 is 14.8 Å². The van der Waals surface area contributed by atoms with Crippen molar-refractivity contribution in [3.8, 4) is 11.5 Å². The molecule has 0 radical (unpaired) electrons. The topological polar surface area (TPSA) is 192 Å². The molecule has 2 aliphatic carbocycles. The average molecular weight is 993 g/mol. The van der Waals surface area contributed by atoms with Crippen LogP contribution in [0, 0.1) is 27.9 Å². The minimum absolute atomic E-state index is 0.00889. The number of nitrogens with zero attached hydrogens (tertiary/aromatic N) is 3. The fraction of sp³-hybridized carbons (Fsp3) is 0.362. The number of amides is 2. The highest BCUT2D eigenvalue weighted by atomic mass is 16.7. The van der Waals surface area contributed by atoms with E-state index in [-0.39, 0.29) is 70.1 Å². The summed E-state index contributed by atoms with van der Waals surface area (Å²) in [4.78, 5) is 47.4. The number of non-ortho nitro benzene ring substituents is 1. The first-order valence-corrected chi connectivity index (χ1v) is 25.1. The first-order chi connectivity index (χ1) is 35.7. The van der Waals surface area contributed by atoms with Gasteiger partial charge in [0, 0.05) is 49.8 Å². The molecular weight excluding hydrogens is 929 g/mol. The van der Waals surface area contributed by atoms with Crippen LogP contribution >= 0.6 is 0 Å². The first-order valence-electron chi connectivity index (χ1n) is 25.1. The highest BCUT2D eigenvalue weighted by Crippen LogP contribution is 2.62. The molecule has 15 heteroatoms. The van der Waals surface area contributed by atoms with E-state index in [9.17, 15) is 25.1 Å². The predicted octanol–water partition coefficient (Wildman–Crippen LogP) is 11.1. The predicted molar refractivity (Wildman–Crippen MR) is 278 cm³/mol. The van der Waals surface area contributed by atoms with Crippen molar-refractivity contribution in [1.29, 1.82) is 0 Å². The van der Waals surface area contributed by atoms with Gasteiger partial charge in [-0.1, -0.05) is 109 Å². The number of fused-ring (bicyclic) bond motifs is 3. The second-order valence-corrected chi connectivity index (χ2v) is 18.7. The Hall–Kier alpha value is -7.33. The van der Waals surface area contributed by atoms with Crippen molar-refractivity contribution in [3.05, 3.63) is 185 Å². The Bertz CT molecular complexity index is 2780. The lowest BCUT2D eigenvalue weighted by Crippen LogP contribution is -2.70. The standard InChI is InChI=1S/C58H64N4O11/c1-3-5-33-69-57(66)61(38-44-21-15-20-42-18-9-10-22-47(42)44)53-36-51(60-71-39-41-24-26-45(27-25-41)62(67)68)49-34-43(19-11-13-30-63)48(23-12-14-31-64)54-50-35-46(72-56(65)59-37-40-16-7-6-8-17-40)28-29-52(50)73-58(53,55(49)54)70-32-4-2/h3-4,6-10,15-18,20-22,24-29,34-35,43,48,53-55,63-64H,1-2,5,11-14,19,23,30-33,36-39H2,(H,59,65). The van der Waals surface area contributed by atoms with Crippen molar-refractivity contribution in [2.75, 3.05) is 26.4 Å². The number of oxime groups is 1. The second-order valence-electron chi connectivity index (χ2n) is 18.7. The Labute approximate surface area is 425 Å². The quantitative estimate of drug-likeness (QED) is 0.0231. The van der Waals surface area contributed by atoms with Gasteiger partial charge in [-0.2, -0.15) is 0 Å². The lowest BCUT2D eigenvalue weighted by atomic mass is 9.55. The summed E-state index contributed by atoms with van der Waals surface area (Å²) in [5, 5.41) is 41.3. The molecule has 15 nitrogen and oxygen atoms in total. The Morgan fingerprint density at radius 2 is 1.64 bits per heavy atom. The molecule has 8 rings (SSSR count). The molecule has 1 fully saturated rings. The van der Waals surface area contributed by atoms with E-state index in [2.05, 4.69) is 24.6 Å². The number of carbonyl (C=O) groups is 2. The largest absolute Gasteiger partial charge is 0.459 e. The highest BCUT2D eigenvalue weighted by molar-refractivity contribution is 6.03. The van der Waals surface area contributed by atoms with E-state index in [1.165, 1.54) is 12.1 Å². The minimum Gasteiger partial charge on any atom is -0.459 e. The molecule has 6 unspecified atom stereocenters. The van der Waals surface area contributed by atoms with E-state index in [0.717, 1.165) is 45.9 Å². The van der Waals surface area contributed by atoms with Crippen LogP contribution in [0.15, 0.2) is 157 Å². The summed E-state index contributed by atoms with van der Waals surface area (Å²) in [6.45, 7) is 8.42. The zero-order valence-corrected chi connectivity index (χ0v) is 41.0. The van der Waals surface area contributed by atoms with Gasteiger partial charge in [0.25, 0.3) is 5.69 Å². The molecule has 1 aliphatic heterocycles. The van der Waals surface area contributed by atoms with Crippen molar-refractivity contribution in [1.82, 2.24) is 10.2 Å². The van der Waals surface area contributed by atoms with Crippen LogP contribution in [0.3, 0.4) is 0 Å². The average Bonchev–Trinajstić information content (AvgIpc) is 3.41. The van der Waals surface area contributed by atoms with E-state index in [1.54, 1.807) is 41.3 Å². The van der Waals surface area contributed by atoms with Crippen LogP contribution in [-0.2, 0) is 34.0 Å². The maximum atomic E-state index is 15.1. The summed E-state index contributed by atoms with van der Waals surface area (Å²) in [6, 6.07) is 34.0. The number of aliphatic hydroxyl groups is 2. The number of unbranched alkanes of at least 4 members (excludes halogenated alkanes) is 2. The molecule has 1 heterocycles. The highest BCUT2D eigenvalue weighted by Gasteiger charge is 2.66. The molecule has 0 bridgehead atoms. The fourth-order valence-corrected chi connectivity index (χ4v) is 10.8. The zero-order valence-electron chi connectivity index (χ0n) is 41.0. The van der Waals surface area contributed by atoms with Gasteiger partial charge in [-0.05, 0) is 107 Å². The SMILES string of the molecule is C=CCCOC(=O)N(Cc1cccc2ccccc12)C1CC(=NOCc2ccc([N+](=O)[O-])cc2)C2=CC(CCCCO)C(CCCCO)C3c4cc(OC(=O)NCc5ccccc5)ccc4OC1(OCC=C)C23. The number of nitrogens with one attached hydrogen (secondary N) is 1. The number of allylic oxidation sites excluding steroid dienone is 1. The summed E-state index contributed by atoms with van der Waals surface area (Å²) in [5.74, 6) is -2.11. The van der Waals surface area contributed by atoms with Gasteiger partial charge in [-0.25, -0.2) is 9.59 Å². The van der Waals surface area contributed by atoms with E-state index in [0.29, 0.717) is 54.9 Å². The number of aliphatic hydroxyl groups excluding tert-OH is 2. The van der Waals surface area contributed by atoms with Gasteiger partial charge in [0.15, 0.2) is 0 Å². The van der Waals surface area contributed by atoms with Crippen molar-refractivity contribution < 1.29 is 48.5 Å². The summed E-state index contributed by atoms with van der Waals surface area (Å²) in [5.41, 5.74) is 4.49. The molecule has 5 aromatic carbocycles. The van der Waals surface area contributed by atoms with Gasteiger partial charge < -0.3 is 39.3 Å². The molecule has 6 atom stereocenters. The van der Waals surface area contributed by atoms with Crippen LogP contribution in [0.25, 0.3) is 10.8 Å². The first kappa shape index (κ1) is 52.0. The molecule has 5 aromatic rings. The zero-order chi connectivity index (χ0) is 51.2. The van der Waals surface area contributed by atoms with Gasteiger partial charge in [0.2, 0.25) is 5.79 Å². The minimum atomic E-state index is -1.61. The summed E-state index contributed by atoms with van der Waals surface area (Å²) in [7, 11) is 0. The molecular formula is C58H64N4O11. The summed E-state index contributed by atoms with van der Waals surface area (Å²) in [6.07, 6.45) is 8.85. The number of ether oxygens (including phenoxy) is 4. The molecule has 73 heavy (non-hydrogen) atoms. The van der Waals surface area contributed by atoms with Crippen LogP contribution in [0.4, 0.5) is 15.3 Å². The van der Waals surface area contributed by atoms with Crippen LogP contribution in [0.2, 0.25) is 0 Å². The Kier molecular flexibility index (Phi) is 17.7. The Balaban J connectivity index is 1.31. The maximum absolute atomic E-state index is 15.1. The smallest absolute Gasteiger partial charge is 0.412 e. The Morgan fingerprint density at radius 3 is 2.40 bits per heavy atom. The molecule has 382 valence electrons. The number of hydrogen-bond donors (Lipinski definition) is 3. The number of carbonyl (C=O) groups excluding carboxylic acids is 2. The second kappa shape index (κ2) is 24.9. The number of rotatable bonds is 24. The number of hydrogen-bond acceptors (Lipinski definition) is 12. The van der Waals surface area contributed by atoms with Gasteiger partial charge in [0.05, 0.1) is 36.3 Å². The monoisotopic (exact) mass is 992 g/mol. The molecule has 2 amide bonds. The number of nitro benzene ring substituents is 1. The van der Waals surface area contributed by atoms with Crippen molar-refractivity contribution in [2.24, 2.45) is 22.9 Å². The molecule has 1 saturated carbocycles. The fourth-order valence-electron chi connectivity index (χ4n) is 10.8. The third-order valence-corrected chi connectivity index (χ3v) is 14.1. The lowest BCUT2D eigenvalue weighted by molar-refractivity contribution is -0.384. The summed E-state index contributed by atoms with van der Waals surface area (Å²) < 4.78 is 26.7. The van der Waals surface area contributed by atoms with Gasteiger partial charge in [-0.3, -0.25) is 15.0 Å². The number of benzene rings is 5. The molecule has 0 saturated heterocycles. The summed E-state index contributed by atoms with van der Waals surface area (Å²) >= 11 is 0. The Morgan fingerprint density at radius 1 is 0.890 bits per heavy atom. The van der Waals surface area contributed by atoms with Crippen LogP contribution in [0.5, 0.6) is 11.5 Å². The molecule has 0 spiro atoms. The van der Waals surface area contributed by atoms with E-state index >= 15 is 4.79 Å². The van der Waals surface area contributed by atoms with Gasteiger partial charge in [-0.15, -0.1) is 13.2 Å². The van der Waals surface area contributed by atoms with E-state index in [4.69, 9.17) is 28.9 Å². The number of nitro groups is 1. The maximum Gasteiger partial charge on any atom is 0.412 e. The molecule has 3 aliphatic rings. The van der Waals surface area contributed by atoms with E-state index in [1.807, 2.05) is 78.9 Å². The van der Waals surface area contributed by atoms with Crippen LogP contribution in [-0.4, -0.2) is 76.2 Å². The van der Waals surface area contributed by atoms with Crippen molar-refractivity contribution >= 4 is 34.4 Å². The molecule has 3 N–H and O–H groups in total. The van der Waals surface area contributed by atoms with Crippen molar-refractivity contribution in [3.63, 3.8) is 0 Å². The van der Waals surface area contributed by atoms with E-state index < -0.39 is 40.8 Å². The lowest BCUT2D eigenvalue weighted by Gasteiger charge is -2.59.